The quantitative estimate of drug-likeness (QED) is 0.406. The normalized spacial score (nSPS) is 39.7. The number of carbonyl (C=O) groups excluding carboxylic acids is 2. The molecular formula is C31H46O2. The van der Waals surface area contributed by atoms with Crippen molar-refractivity contribution in [1.29, 1.82) is 0 Å². The highest BCUT2D eigenvalue weighted by molar-refractivity contribution is 5.95. The molecule has 0 saturated heterocycles. The highest BCUT2D eigenvalue weighted by atomic mass is 16.1. The van der Waals surface area contributed by atoms with Crippen LogP contribution in [0.15, 0.2) is 48.6 Å². The highest BCUT2D eigenvalue weighted by Crippen LogP contribution is 2.55. The SMILES string of the molecule is C=C(C)[C@H]1CC[C@H](CC)[C@]2(C=CC(=O)C2)C1.C=C(C)[C@H]1CC[C@H](CC)[C@]2(C=CC(=O)[C@H]2C)C1. The Kier molecular flexibility index (Phi) is 8.07. The lowest BCUT2D eigenvalue weighted by Gasteiger charge is -2.46. The van der Waals surface area contributed by atoms with Crippen LogP contribution in [-0.4, -0.2) is 11.6 Å². The predicted molar refractivity (Wildman–Crippen MR) is 139 cm³/mol. The standard InChI is InChI=1S/C16H24O.C15H22O/c1-5-14-7-6-13(11(2)3)10-16(14)9-8-15(17)12(16)4;1-4-13-6-5-12(11(2)3)9-15(13)8-7-14(16)10-15/h8-9,12-14H,2,5-7,10H2,1,3-4H3;7-8,12-13H,2,4-6,9-10H2,1,3H3/t12-,13+,14+,16-;12-,13-,15+/m10/s1. The van der Waals surface area contributed by atoms with Crippen LogP contribution >= 0.6 is 0 Å². The van der Waals surface area contributed by atoms with Gasteiger partial charge >= 0.3 is 0 Å². The van der Waals surface area contributed by atoms with Gasteiger partial charge in [-0.25, -0.2) is 0 Å². The van der Waals surface area contributed by atoms with Crippen molar-refractivity contribution in [1.82, 2.24) is 0 Å². The molecule has 2 nitrogen and oxygen atoms in total. The minimum Gasteiger partial charge on any atom is -0.295 e. The lowest BCUT2D eigenvalue weighted by Crippen LogP contribution is -2.40. The van der Waals surface area contributed by atoms with Crippen molar-refractivity contribution < 1.29 is 9.59 Å². The van der Waals surface area contributed by atoms with E-state index in [4.69, 9.17) is 0 Å². The zero-order valence-corrected chi connectivity index (χ0v) is 21.8. The Hall–Kier alpha value is -1.70. The first-order chi connectivity index (χ1) is 15.6. The number of allylic oxidation sites excluding steroid dienone is 6. The summed E-state index contributed by atoms with van der Waals surface area (Å²) in [6.45, 7) is 19.1. The van der Waals surface area contributed by atoms with E-state index >= 15 is 0 Å². The molecule has 0 radical (unpaired) electrons. The van der Waals surface area contributed by atoms with E-state index in [0.717, 1.165) is 19.3 Å². The number of carbonyl (C=O) groups is 2. The van der Waals surface area contributed by atoms with E-state index in [-0.39, 0.29) is 16.7 Å². The van der Waals surface area contributed by atoms with Gasteiger partial charge in [-0.05, 0) is 93.6 Å². The van der Waals surface area contributed by atoms with Crippen molar-refractivity contribution in [2.75, 3.05) is 0 Å². The lowest BCUT2D eigenvalue weighted by molar-refractivity contribution is -0.121. The zero-order valence-electron chi connectivity index (χ0n) is 21.8. The van der Waals surface area contributed by atoms with Crippen LogP contribution in [-0.2, 0) is 9.59 Å². The minimum absolute atomic E-state index is 0.133. The maximum absolute atomic E-state index is 11.9. The Morgan fingerprint density at radius 2 is 1.45 bits per heavy atom. The molecule has 33 heavy (non-hydrogen) atoms. The summed E-state index contributed by atoms with van der Waals surface area (Å²) in [6.07, 6.45) is 18.5. The fourth-order valence-electron chi connectivity index (χ4n) is 7.47. The summed E-state index contributed by atoms with van der Waals surface area (Å²) in [5.74, 6) is 3.43. The monoisotopic (exact) mass is 450 g/mol. The van der Waals surface area contributed by atoms with E-state index in [1.54, 1.807) is 0 Å². The molecule has 4 aliphatic carbocycles. The van der Waals surface area contributed by atoms with Gasteiger partial charge in [-0.1, -0.05) is 70.1 Å². The van der Waals surface area contributed by atoms with Gasteiger partial charge in [0.2, 0.25) is 0 Å². The van der Waals surface area contributed by atoms with Crippen LogP contribution < -0.4 is 0 Å². The molecule has 7 atom stereocenters. The van der Waals surface area contributed by atoms with Gasteiger partial charge in [0.25, 0.3) is 0 Å². The van der Waals surface area contributed by atoms with Crippen molar-refractivity contribution in [2.45, 2.75) is 92.4 Å². The third-order valence-electron chi connectivity index (χ3n) is 9.80. The summed E-state index contributed by atoms with van der Waals surface area (Å²) in [5, 5.41) is 0. The van der Waals surface area contributed by atoms with E-state index in [0.29, 0.717) is 35.2 Å². The predicted octanol–water partition coefficient (Wildman–Crippen LogP) is 8.05. The fraction of sp³-hybridized carbons (Fsp3) is 0.677. The van der Waals surface area contributed by atoms with Gasteiger partial charge < -0.3 is 0 Å². The second-order valence-corrected chi connectivity index (χ2v) is 11.6. The second kappa shape index (κ2) is 10.3. The van der Waals surface area contributed by atoms with Crippen molar-refractivity contribution in [3.8, 4) is 0 Å². The molecule has 0 aromatic heterocycles. The van der Waals surface area contributed by atoms with Crippen molar-refractivity contribution in [2.24, 2.45) is 40.4 Å². The van der Waals surface area contributed by atoms with Crippen LogP contribution in [0, 0.1) is 40.4 Å². The molecular weight excluding hydrogens is 404 g/mol. The maximum atomic E-state index is 11.9. The Bertz CT molecular complexity index is 845. The van der Waals surface area contributed by atoms with Crippen LogP contribution in [0.3, 0.4) is 0 Å². The second-order valence-electron chi connectivity index (χ2n) is 11.6. The van der Waals surface area contributed by atoms with E-state index in [2.05, 4.69) is 59.9 Å². The Morgan fingerprint density at radius 3 is 1.91 bits per heavy atom. The van der Waals surface area contributed by atoms with Gasteiger partial charge in [0.1, 0.15) is 0 Å². The fourth-order valence-corrected chi connectivity index (χ4v) is 7.47. The first-order valence-corrected chi connectivity index (χ1v) is 13.3. The molecule has 2 spiro atoms. The summed E-state index contributed by atoms with van der Waals surface area (Å²) in [7, 11) is 0. The summed E-state index contributed by atoms with van der Waals surface area (Å²) >= 11 is 0. The summed E-state index contributed by atoms with van der Waals surface area (Å²) in [4.78, 5) is 23.4. The van der Waals surface area contributed by atoms with E-state index in [1.807, 2.05) is 12.2 Å². The van der Waals surface area contributed by atoms with E-state index in [9.17, 15) is 9.59 Å². The topological polar surface area (TPSA) is 34.1 Å². The van der Waals surface area contributed by atoms with Gasteiger partial charge in [-0.3, -0.25) is 9.59 Å². The molecule has 0 aliphatic heterocycles. The Balaban J connectivity index is 0.000000186. The largest absolute Gasteiger partial charge is 0.295 e. The lowest BCUT2D eigenvalue weighted by atomic mass is 9.57. The first kappa shape index (κ1) is 25.9. The van der Waals surface area contributed by atoms with Crippen molar-refractivity contribution >= 4 is 11.6 Å². The van der Waals surface area contributed by atoms with Gasteiger partial charge in [0.15, 0.2) is 11.6 Å². The van der Waals surface area contributed by atoms with Crippen LogP contribution in [0.2, 0.25) is 0 Å². The van der Waals surface area contributed by atoms with Crippen LogP contribution in [0.4, 0.5) is 0 Å². The molecule has 182 valence electrons. The molecule has 0 bridgehead atoms. The van der Waals surface area contributed by atoms with Gasteiger partial charge in [0.05, 0.1) is 0 Å². The molecule has 0 aromatic rings. The molecule has 4 aliphatic rings. The third kappa shape index (κ3) is 5.05. The Morgan fingerprint density at radius 1 is 0.879 bits per heavy atom. The summed E-state index contributed by atoms with van der Waals surface area (Å²) in [6, 6.07) is 0. The van der Waals surface area contributed by atoms with Crippen LogP contribution in [0.1, 0.15) is 92.4 Å². The first-order valence-electron chi connectivity index (χ1n) is 13.3. The average Bonchev–Trinajstić information content (AvgIpc) is 3.29. The number of rotatable bonds is 4. The van der Waals surface area contributed by atoms with Crippen molar-refractivity contribution in [3.63, 3.8) is 0 Å². The highest BCUT2D eigenvalue weighted by Gasteiger charge is 2.49. The molecule has 2 heteroatoms. The third-order valence-corrected chi connectivity index (χ3v) is 9.80. The summed E-state index contributed by atoms with van der Waals surface area (Å²) in [5.41, 5.74) is 2.89. The molecule has 0 heterocycles. The smallest absolute Gasteiger partial charge is 0.159 e. The maximum Gasteiger partial charge on any atom is 0.159 e. The van der Waals surface area contributed by atoms with E-state index in [1.165, 1.54) is 49.7 Å². The molecule has 0 amide bonds. The zero-order chi connectivity index (χ0) is 24.4. The number of hydrogen-bond donors (Lipinski definition) is 0. The van der Waals surface area contributed by atoms with Gasteiger partial charge in [-0.2, -0.15) is 0 Å². The van der Waals surface area contributed by atoms with Gasteiger partial charge in [0, 0.05) is 17.8 Å². The molecule has 4 rings (SSSR count). The minimum atomic E-state index is 0.133. The average molecular weight is 451 g/mol. The number of hydrogen-bond acceptors (Lipinski definition) is 2. The Labute approximate surface area is 202 Å². The summed E-state index contributed by atoms with van der Waals surface area (Å²) < 4.78 is 0. The van der Waals surface area contributed by atoms with E-state index < -0.39 is 0 Å². The van der Waals surface area contributed by atoms with Crippen LogP contribution in [0.25, 0.3) is 0 Å². The van der Waals surface area contributed by atoms with Gasteiger partial charge in [-0.15, -0.1) is 0 Å². The molecule has 0 N–H and O–H groups in total. The molecule has 0 aromatic carbocycles. The molecule has 0 unspecified atom stereocenters. The van der Waals surface area contributed by atoms with Crippen LogP contribution in [0.5, 0.6) is 0 Å². The molecule has 2 saturated carbocycles. The molecule has 2 fully saturated rings. The number of ketones is 2. The van der Waals surface area contributed by atoms with Crippen molar-refractivity contribution in [3.05, 3.63) is 48.6 Å².